The van der Waals surface area contributed by atoms with E-state index in [2.05, 4.69) is 0 Å². The summed E-state index contributed by atoms with van der Waals surface area (Å²) >= 11 is 0. The molecule has 0 amide bonds. The summed E-state index contributed by atoms with van der Waals surface area (Å²) in [5.74, 6) is -0.960. The van der Waals surface area contributed by atoms with Crippen LogP contribution in [0.2, 0.25) is 0 Å². The molecule has 0 aliphatic rings. The zero-order valence-corrected chi connectivity index (χ0v) is 11.3. The molecule has 7 heteroatoms. The number of hydrogen-bond acceptors (Lipinski definition) is 4. The van der Waals surface area contributed by atoms with Crippen LogP contribution in [0.3, 0.4) is 0 Å². The monoisotopic (exact) mass is 286 g/mol. The minimum atomic E-state index is -3.99. The Balaban J connectivity index is 3.22. The molecule has 104 valence electrons. The highest BCUT2D eigenvalue weighted by atomic mass is 32.2. The Bertz CT molecular complexity index is 575. The number of aliphatic hydroxyl groups excluding tert-OH is 1. The third-order valence-electron chi connectivity index (χ3n) is 2.50. The molecule has 0 saturated heterocycles. The standard InChI is InChI=1S/C12H15FN2O3S/c1-2-5-15(6-7-16)19(17,18)12-4-3-10(9-14)8-11(12)13/h3-4,8,16H,2,5-7H2,1H3. The molecule has 0 atom stereocenters. The maximum absolute atomic E-state index is 13.8. The Kier molecular flexibility index (Phi) is 5.42. The SMILES string of the molecule is CCCN(CCO)S(=O)(=O)c1ccc(C#N)cc1F. The second-order valence-corrected chi connectivity index (χ2v) is 5.79. The summed E-state index contributed by atoms with van der Waals surface area (Å²) in [6.07, 6.45) is 0.553. The molecule has 1 rings (SSSR count). The highest BCUT2D eigenvalue weighted by Gasteiger charge is 2.26. The van der Waals surface area contributed by atoms with Crippen LogP contribution >= 0.6 is 0 Å². The van der Waals surface area contributed by atoms with Crippen LogP contribution in [0.4, 0.5) is 4.39 Å². The van der Waals surface area contributed by atoms with Gasteiger partial charge in [-0.1, -0.05) is 6.92 Å². The lowest BCUT2D eigenvalue weighted by atomic mass is 10.2. The molecule has 0 saturated carbocycles. The summed E-state index contributed by atoms with van der Waals surface area (Å²) in [6.45, 7) is 1.56. The van der Waals surface area contributed by atoms with Crippen LogP contribution in [0.15, 0.2) is 23.1 Å². The van der Waals surface area contributed by atoms with Crippen molar-refractivity contribution in [1.29, 1.82) is 5.26 Å². The molecule has 1 N–H and O–H groups in total. The predicted molar refractivity (Wildman–Crippen MR) is 67.3 cm³/mol. The van der Waals surface area contributed by atoms with Gasteiger partial charge in [-0.3, -0.25) is 0 Å². The van der Waals surface area contributed by atoms with E-state index in [-0.39, 0.29) is 25.3 Å². The number of nitrogens with zero attached hydrogens (tertiary/aromatic N) is 2. The minimum absolute atomic E-state index is 0.0562. The predicted octanol–water partition coefficient (Wildman–Crippen LogP) is 1.09. The number of hydrogen-bond donors (Lipinski definition) is 1. The quantitative estimate of drug-likeness (QED) is 0.848. The molecule has 0 fully saturated rings. The summed E-state index contributed by atoms with van der Waals surface area (Å²) in [4.78, 5) is -0.478. The Labute approximate surface area is 111 Å². The van der Waals surface area contributed by atoms with Gasteiger partial charge in [-0.2, -0.15) is 9.57 Å². The van der Waals surface area contributed by atoms with Gasteiger partial charge in [0, 0.05) is 13.1 Å². The summed E-state index contributed by atoms with van der Waals surface area (Å²) in [7, 11) is -3.99. The van der Waals surface area contributed by atoms with Crippen molar-refractivity contribution < 1.29 is 17.9 Å². The topological polar surface area (TPSA) is 81.4 Å². The van der Waals surface area contributed by atoms with Gasteiger partial charge in [0.25, 0.3) is 0 Å². The first-order valence-electron chi connectivity index (χ1n) is 5.78. The van der Waals surface area contributed by atoms with Crippen molar-refractivity contribution in [3.63, 3.8) is 0 Å². The van der Waals surface area contributed by atoms with Gasteiger partial charge in [-0.15, -0.1) is 0 Å². The molecule has 0 spiro atoms. The fourth-order valence-corrected chi connectivity index (χ4v) is 3.20. The number of rotatable bonds is 6. The number of nitriles is 1. The second kappa shape index (κ2) is 6.61. The van der Waals surface area contributed by atoms with E-state index in [0.717, 1.165) is 16.4 Å². The van der Waals surface area contributed by atoms with Gasteiger partial charge in [0.05, 0.1) is 18.2 Å². The maximum Gasteiger partial charge on any atom is 0.246 e. The van der Waals surface area contributed by atoms with Crippen molar-refractivity contribution in [2.75, 3.05) is 19.7 Å². The first-order chi connectivity index (χ1) is 8.97. The molecule has 0 unspecified atom stereocenters. The largest absolute Gasteiger partial charge is 0.395 e. The number of halogens is 1. The van der Waals surface area contributed by atoms with E-state index in [1.54, 1.807) is 13.0 Å². The van der Waals surface area contributed by atoms with Gasteiger partial charge in [-0.05, 0) is 24.6 Å². The van der Waals surface area contributed by atoms with Gasteiger partial charge >= 0.3 is 0 Å². The van der Waals surface area contributed by atoms with E-state index in [9.17, 15) is 12.8 Å². The van der Waals surface area contributed by atoms with E-state index in [1.165, 1.54) is 6.07 Å². The number of benzene rings is 1. The zero-order valence-electron chi connectivity index (χ0n) is 10.5. The molecular formula is C12H15FN2O3S. The normalized spacial score (nSPS) is 11.5. The number of aliphatic hydroxyl groups is 1. The lowest BCUT2D eigenvalue weighted by Crippen LogP contribution is -2.34. The molecule has 1 aromatic carbocycles. The van der Waals surface area contributed by atoms with Crippen molar-refractivity contribution in [2.45, 2.75) is 18.2 Å². The van der Waals surface area contributed by atoms with E-state index >= 15 is 0 Å². The lowest BCUT2D eigenvalue weighted by Gasteiger charge is -2.20. The van der Waals surface area contributed by atoms with Crippen LogP contribution in [-0.2, 0) is 10.0 Å². The van der Waals surface area contributed by atoms with Gasteiger partial charge in [-0.25, -0.2) is 12.8 Å². The first kappa shape index (κ1) is 15.6. The van der Waals surface area contributed by atoms with E-state index in [4.69, 9.17) is 10.4 Å². The van der Waals surface area contributed by atoms with Gasteiger partial charge in [0.15, 0.2) is 0 Å². The molecule has 0 aliphatic heterocycles. The van der Waals surface area contributed by atoms with E-state index < -0.39 is 20.7 Å². The van der Waals surface area contributed by atoms with Crippen molar-refractivity contribution >= 4 is 10.0 Å². The molecule has 5 nitrogen and oxygen atoms in total. The maximum atomic E-state index is 13.8. The molecule has 19 heavy (non-hydrogen) atoms. The van der Waals surface area contributed by atoms with Crippen LogP contribution in [0.1, 0.15) is 18.9 Å². The first-order valence-corrected chi connectivity index (χ1v) is 7.22. The smallest absolute Gasteiger partial charge is 0.246 e. The highest BCUT2D eigenvalue weighted by molar-refractivity contribution is 7.89. The molecule has 0 aliphatic carbocycles. The van der Waals surface area contributed by atoms with Gasteiger partial charge in [0.1, 0.15) is 10.7 Å². The Morgan fingerprint density at radius 1 is 1.42 bits per heavy atom. The van der Waals surface area contributed by atoms with Crippen LogP contribution < -0.4 is 0 Å². The van der Waals surface area contributed by atoms with Crippen molar-refractivity contribution in [2.24, 2.45) is 0 Å². The fourth-order valence-electron chi connectivity index (χ4n) is 1.63. The van der Waals surface area contributed by atoms with Crippen LogP contribution in [0, 0.1) is 17.1 Å². The summed E-state index contributed by atoms with van der Waals surface area (Å²) in [6, 6.07) is 4.94. The summed E-state index contributed by atoms with van der Waals surface area (Å²) in [5.41, 5.74) is 0.0562. The molecular weight excluding hydrogens is 271 g/mol. The van der Waals surface area contributed by atoms with Gasteiger partial charge in [0.2, 0.25) is 10.0 Å². The molecule has 1 aromatic rings. The molecule has 0 bridgehead atoms. The Hall–Kier alpha value is -1.49. The Morgan fingerprint density at radius 3 is 2.58 bits per heavy atom. The van der Waals surface area contributed by atoms with E-state index in [1.807, 2.05) is 0 Å². The third kappa shape index (κ3) is 3.50. The minimum Gasteiger partial charge on any atom is -0.395 e. The van der Waals surface area contributed by atoms with Crippen LogP contribution in [0.25, 0.3) is 0 Å². The molecule has 0 heterocycles. The molecule has 0 aromatic heterocycles. The summed E-state index contributed by atoms with van der Waals surface area (Å²) in [5, 5.41) is 17.5. The summed E-state index contributed by atoms with van der Waals surface area (Å²) < 4.78 is 39.2. The van der Waals surface area contributed by atoms with Crippen molar-refractivity contribution in [1.82, 2.24) is 4.31 Å². The third-order valence-corrected chi connectivity index (χ3v) is 4.43. The van der Waals surface area contributed by atoms with Gasteiger partial charge < -0.3 is 5.11 Å². The second-order valence-electron chi connectivity index (χ2n) is 3.88. The average molecular weight is 286 g/mol. The van der Waals surface area contributed by atoms with Crippen molar-refractivity contribution in [3.8, 4) is 6.07 Å². The van der Waals surface area contributed by atoms with Crippen LogP contribution in [0.5, 0.6) is 0 Å². The highest BCUT2D eigenvalue weighted by Crippen LogP contribution is 2.20. The number of sulfonamides is 1. The van der Waals surface area contributed by atoms with Crippen LogP contribution in [-0.4, -0.2) is 37.5 Å². The molecule has 0 radical (unpaired) electrons. The lowest BCUT2D eigenvalue weighted by molar-refractivity contribution is 0.253. The Morgan fingerprint density at radius 2 is 2.11 bits per heavy atom. The van der Waals surface area contributed by atoms with Crippen molar-refractivity contribution in [3.05, 3.63) is 29.6 Å². The van der Waals surface area contributed by atoms with E-state index in [0.29, 0.717) is 6.42 Å². The average Bonchev–Trinajstić information content (AvgIpc) is 2.38. The fraction of sp³-hybridized carbons (Fsp3) is 0.417. The zero-order chi connectivity index (χ0) is 14.5.